The van der Waals surface area contributed by atoms with E-state index in [1.807, 2.05) is 13.0 Å². The molecule has 0 amide bonds. The van der Waals surface area contributed by atoms with E-state index in [4.69, 9.17) is 5.73 Å². The number of rotatable bonds is 1. The Labute approximate surface area is 96.9 Å². The van der Waals surface area contributed by atoms with Crippen molar-refractivity contribution in [1.29, 1.82) is 0 Å². The van der Waals surface area contributed by atoms with Gasteiger partial charge in [-0.1, -0.05) is 42.0 Å². The Morgan fingerprint density at radius 1 is 0.812 bits per heavy atom. The van der Waals surface area contributed by atoms with Crippen molar-refractivity contribution >= 4 is 5.69 Å². The highest BCUT2D eigenvalue weighted by Gasteiger charge is 2.07. The predicted molar refractivity (Wildman–Crippen MR) is 70.5 cm³/mol. The maximum absolute atomic E-state index is 6.13. The normalized spacial score (nSPS) is 10.4. The molecule has 1 heteroatoms. The molecule has 0 spiro atoms. The van der Waals surface area contributed by atoms with Gasteiger partial charge in [0.2, 0.25) is 0 Å². The van der Waals surface area contributed by atoms with Crippen LogP contribution in [0.1, 0.15) is 16.7 Å². The molecule has 0 aliphatic heterocycles. The van der Waals surface area contributed by atoms with E-state index in [9.17, 15) is 0 Å². The Morgan fingerprint density at radius 2 is 1.56 bits per heavy atom. The number of para-hydroxylation sites is 1. The van der Waals surface area contributed by atoms with Gasteiger partial charge in [-0.15, -0.1) is 0 Å². The Kier molecular flexibility index (Phi) is 2.69. The Morgan fingerprint density at radius 3 is 2.31 bits per heavy atom. The molecule has 82 valence electrons. The molecule has 0 aliphatic rings. The molecule has 0 radical (unpaired) electrons. The van der Waals surface area contributed by atoms with Crippen LogP contribution in [0.25, 0.3) is 11.1 Å². The summed E-state index contributed by atoms with van der Waals surface area (Å²) < 4.78 is 0. The van der Waals surface area contributed by atoms with E-state index in [1.54, 1.807) is 0 Å². The predicted octanol–water partition coefficient (Wildman–Crippen LogP) is 3.86. The topological polar surface area (TPSA) is 26.0 Å². The van der Waals surface area contributed by atoms with Crippen molar-refractivity contribution in [3.63, 3.8) is 0 Å². The molecule has 0 saturated carbocycles. The van der Waals surface area contributed by atoms with Gasteiger partial charge in [-0.05, 0) is 37.5 Å². The quantitative estimate of drug-likeness (QED) is 0.712. The lowest BCUT2D eigenvalue weighted by molar-refractivity contribution is 1.38. The highest BCUT2D eigenvalue weighted by molar-refractivity contribution is 5.80. The van der Waals surface area contributed by atoms with Gasteiger partial charge in [-0.3, -0.25) is 0 Å². The van der Waals surface area contributed by atoms with Crippen LogP contribution < -0.4 is 5.73 Å². The van der Waals surface area contributed by atoms with E-state index in [0.29, 0.717) is 0 Å². The van der Waals surface area contributed by atoms with Crippen molar-refractivity contribution in [2.45, 2.75) is 20.8 Å². The molecule has 2 aromatic rings. The van der Waals surface area contributed by atoms with E-state index in [-0.39, 0.29) is 0 Å². The largest absolute Gasteiger partial charge is 0.398 e. The fourth-order valence-electron chi connectivity index (χ4n) is 1.94. The first-order valence-electron chi connectivity index (χ1n) is 5.52. The minimum atomic E-state index is 0.885. The Balaban J connectivity index is 2.67. The zero-order valence-corrected chi connectivity index (χ0v) is 10.0. The maximum atomic E-state index is 6.13. The second-order valence-electron chi connectivity index (χ2n) is 4.35. The molecule has 0 bridgehead atoms. The zero-order valence-electron chi connectivity index (χ0n) is 10.0. The van der Waals surface area contributed by atoms with Crippen LogP contribution in [0.15, 0.2) is 36.4 Å². The van der Waals surface area contributed by atoms with Crippen LogP contribution in [0.2, 0.25) is 0 Å². The Hall–Kier alpha value is -1.76. The van der Waals surface area contributed by atoms with Gasteiger partial charge in [-0.25, -0.2) is 0 Å². The van der Waals surface area contributed by atoms with Crippen LogP contribution in [-0.2, 0) is 0 Å². The summed E-state index contributed by atoms with van der Waals surface area (Å²) in [5.74, 6) is 0. The SMILES string of the molecule is Cc1ccc(C)c(-c2cccc(C)c2N)c1. The van der Waals surface area contributed by atoms with E-state index < -0.39 is 0 Å². The van der Waals surface area contributed by atoms with Gasteiger partial charge >= 0.3 is 0 Å². The molecule has 2 aromatic carbocycles. The summed E-state index contributed by atoms with van der Waals surface area (Å²) in [7, 11) is 0. The van der Waals surface area contributed by atoms with Gasteiger partial charge in [0.15, 0.2) is 0 Å². The van der Waals surface area contributed by atoms with Gasteiger partial charge < -0.3 is 5.73 Å². The van der Waals surface area contributed by atoms with Crippen LogP contribution in [0, 0.1) is 20.8 Å². The second kappa shape index (κ2) is 4.01. The zero-order chi connectivity index (χ0) is 11.7. The lowest BCUT2D eigenvalue weighted by atomic mass is 9.95. The van der Waals surface area contributed by atoms with E-state index in [1.165, 1.54) is 16.7 Å². The number of nitrogens with two attached hydrogens (primary N) is 1. The minimum absolute atomic E-state index is 0.885. The summed E-state index contributed by atoms with van der Waals surface area (Å²) in [6.07, 6.45) is 0. The fraction of sp³-hybridized carbons (Fsp3) is 0.200. The van der Waals surface area contributed by atoms with E-state index in [0.717, 1.165) is 16.8 Å². The molecule has 2 N–H and O–H groups in total. The first-order valence-corrected chi connectivity index (χ1v) is 5.52. The van der Waals surface area contributed by atoms with Gasteiger partial charge in [0.1, 0.15) is 0 Å². The van der Waals surface area contributed by atoms with Crippen molar-refractivity contribution in [2.24, 2.45) is 0 Å². The number of nitrogen functional groups attached to an aromatic ring is 1. The molecular formula is C15H17N. The number of hydrogen-bond acceptors (Lipinski definition) is 1. The first-order chi connectivity index (χ1) is 7.59. The van der Waals surface area contributed by atoms with Crippen LogP contribution in [0.4, 0.5) is 5.69 Å². The number of hydrogen-bond donors (Lipinski definition) is 1. The third-order valence-corrected chi connectivity index (χ3v) is 3.01. The monoisotopic (exact) mass is 211 g/mol. The lowest BCUT2D eigenvalue weighted by Gasteiger charge is -2.11. The molecular weight excluding hydrogens is 194 g/mol. The van der Waals surface area contributed by atoms with Gasteiger partial charge in [0.05, 0.1) is 0 Å². The molecule has 0 aliphatic carbocycles. The average molecular weight is 211 g/mol. The third kappa shape index (κ3) is 1.81. The Bertz CT molecular complexity index is 527. The van der Waals surface area contributed by atoms with Crippen molar-refractivity contribution < 1.29 is 0 Å². The molecule has 0 heterocycles. The molecule has 1 nitrogen and oxygen atoms in total. The molecule has 0 atom stereocenters. The molecule has 0 aromatic heterocycles. The van der Waals surface area contributed by atoms with Gasteiger partial charge in [0, 0.05) is 11.3 Å². The van der Waals surface area contributed by atoms with Gasteiger partial charge in [-0.2, -0.15) is 0 Å². The maximum Gasteiger partial charge on any atom is 0.0423 e. The standard InChI is InChI=1S/C15H17N/c1-10-7-8-11(2)14(9-10)13-6-4-5-12(3)15(13)16/h4-9H,16H2,1-3H3. The third-order valence-electron chi connectivity index (χ3n) is 3.01. The highest BCUT2D eigenvalue weighted by Crippen LogP contribution is 2.31. The number of anilines is 1. The summed E-state index contributed by atoms with van der Waals surface area (Å²) in [5.41, 5.74) is 13.1. The average Bonchev–Trinajstić information content (AvgIpc) is 2.26. The van der Waals surface area contributed by atoms with Crippen LogP contribution in [-0.4, -0.2) is 0 Å². The lowest BCUT2D eigenvalue weighted by Crippen LogP contribution is -1.95. The summed E-state index contributed by atoms with van der Waals surface area (Å²) in [6.45, 7) is 6.27. The minimum Gasteiger partial charge on any atom is -0.398 e. The molecule has 0 saturated heterocycles. The summed E-state index contributed by atoms with van der Waals surface area (Å²) in [4.78, 5) is 0. The van der Waals surface area contributed by atoms with Gasteiger partial charge in [0.25, 0.3) is 0 Å². The molecule has 0 unspecified atom stereocenters. The van der Waals surface area contributed by atoms with Crippen molar-refractivity contribution in [3.05, 3.63) is 53.1 Å². The molecule has 0 fully saturated rings. The molecule has 2 rings (SSSR count). The first kappa shape index (κ1) is 10.7. The van der Waals surface area contributed by atoms with Crippen LogP contribution in [0.3, 0.4) is 0 Å². The smallest absolute Gasteiger partial charge is 0.0423 e. The van der Waals surface area contributed by atoms with E-state index >= 15 is 0 Å². The van der Waals surface area contributed by atoms with Crippen molar-refractivity contribution in [2.75, 3.05) is 5.73 Å². The van der Waals surface area contributed by atoms with E-state index in [2.05, 4.69) is 44.2 Å². The van der Waals surface area contributed by atoms with Crippen LogP contribution in [0.5, 0.6) is 0 Å². The summed E-state index contributed by atoms with van der Waals surface area (Å²) in [5, 5.41) is 0. The number of aryl methyl sites for hydroxylation is 3. The second-order valence-corrected chi connectivity index (χ2v) is 4.35. The molecule has 16 heavy (non-hydrogen) atoms. The summed E-state index contributed by atoms with van der Waals surface area (Å²) >= 11 is 0. The summed E-state index contributed by atoms with van der Waals surface area (Å²) in [6, 6.07) is 12.7. The highest BCUT2D eigenvalue weighted by atomic mass is 14.6. The fourth-order valence-corrected chi connectivity index (χ4v) is 1.94. The van der Waals surface area contributed by atoms with Crippen molar-refractivity contribution in [3.8, 4) is 11.1 Å². The van der Waals surface area contributed by atoms with Crippen molar-refractivity contribution in [1.82, 2.24) is 0 Å². The van der Waals surface area contributed by atoms with Crippen LogP contribution >= 0.6 is 0 Å². The number of benzene rings is 2.